The second kappa shape index (κ2) is 6.07. The molecule has 1 unspecified atom stereocenters. The molecule has 0 fully saturated rings. The smallest absolute Gasteiger partial charge is 0.241 e. The molecule has 0 aliphatic carbocycles. The molecular formula is C13H16BrN3O2S. The van der Waals surface area contributed by atoms with Crippen LogP contribution in [0, 0.1) is 6.92 Å². The van der Waals surface area contributed by atoms with Crippen molar-refractivity contribution in [2.75, 3.05) is 0 Å². The van der Waals surface area contributed by atoms with E-state index in [9.17, 15) is 8.42 Å². The van der Waals surface area contributed by atoms with Crippen LogP contribution in [0.2, 0.25) is 0 Å². The first-order chi connectivity index (χ1) is 9.44. The Bertz CT molecular complexity index is 684. The van der Waals surface area contributed by atoms with Crippen LogP contribution in [0.1, 0.15) is 30.8 Å². The van der Waals surface area contributed by atoms with Crippen LogP contribution in [0.15, 0.2) is 40.0 Å². The highest BCUT2D eigenvalue weighted by Crippen LogP contribution is 2.22. The van der Waals surface area contributed by atoms with E-state index in [0.29, 0.717) is 12.2 Å². The second-order valence-corrected chi connectivity index (χ2v) is 7.04. The van der Waals surface area contributed by atoms with Crippen molar-refractivity contribution in [1.29, 1.82) is 0 Å². The van der Waals surface area contributed by atoms with Gasteiger partial charge in [-0.2, -0.15) is 0 Å². The van der Waals surface area contributed by atoms with Crippen LogP contribution in [-0.2, 0) is 10.0 Å². The molecule has 0 aliphatic heterocycles. The van der Waals surface area contributed by atoms with Gasteiger partial charge in [0, 0.05) is 16.9 Å². The molecule has 0 aliphatic rings. The maximum atomic E-state index is 12.4. The molecule has 5 nitrogen and oxygen atoms in total. The normalized spacial score (nSPS) is 13.3. The second-order valence-electron chi connectivity index (χ2n) is 4.47. The van der Waals surface area contributed by atoms with E-state index in [0.717, 1.165) is 10.0 Å². The Kier molecular flexibility index (Phi) is 4.62. The number of aromatic amines is 1. The molecule has 0 saturated heterocycles. The molecule has 2 N–H and O–H groups in total. The average Bonchev–Trinajstić information content (AvgIpc) is 2.93. The van der Waals surface area contributed by atoms with Crippen molar-refractivity contribution >= 4 is 26.0 Å². The molecule has 0 bridgehead atoms. The van der Waals surface area contributed by atoms with Crippen molar-refractivity contribution in [1.82, 2.24) is 14.7 Å². The average molecular weight is 358 g/mol. The highest BCUT2D eigenvalue weighted by molar-refractivity contribution is 9.10. The summed E-state index contributed by atoms with van der Waals surface area (Å²) in [6.07, 6.45) is 3.90. The zero-order valence-electron chi connectivity index (χ0n) is 11.2. The van der Waals surface area contributed by atoms with Crippen molar-refractivity contribution in [2.45, 2.75) is 31.2 Å². The van der Waals surface area contributed by atoms with Crippen LogP contribution in [0.3, 0.4) is 0 Å². The minimum Gasteiger partial charge on any atom is -0.347 e. The Morgan fingerprint density at radius 3 is 2.75 bits per heavy atom. The lowest BCUT2D eigenvalue weighted by molar-refractivity contribution is 0.539. The lowest BCUT2D eigenvalue weighted by atomic mass is 10.2. The number of aryl methyl sites for hydroxylation is 1. The van der Waals surface area contributed by atoms with Gasteiger partial charge >= 0.3 is 0 Å². The summed E-state index contributed by atoms with van der Waals surface area (Å²) in [6.45, 7) is 3.76. The van der Waals surface area contributed by atoms with Gasteiger partial charge in [-0.3, -0.25) is 0 Å². The van der Waals surface area contributed by atoms with Crippen molar-refractivity contribution in [3.05, 3.63) is 46.5 Å². The predicted octanol–water partition coefficient (Wildman–Crippen LogP) is 2.91. The molecule has 1 atom stereocenters. The topological polar surface area (TPSA) is 74.8 Å². The minimum absolute atomic E-state index is 0.253. The zero-order chi connectivity index (χ0) is 14.8. The summed E-state index contributed by atoms with van der Waals surface area (Å²) < 4.78 is 28.3. The van der Waals surface area contributed by atoms with E-state index in [1.54, 1.807) is 30.6 Å². The summed E-state index contributed by atoms with van der Waals surface area (Å²) in [5, 5.41) is 0. The molecule has 0 amide bonds. The number of nitrogens with zero attached hydrogens (tertiary/aromatic N) is 1. The molecule has 2 rings (SSSR count). The quantitative estimate of drug-likeness (QED) is 0.863. The van der Waals surface area contributed by atoms with Crippen LogP contribution in [0.25, 0.3) is 0 Å². The van der Waals surface area contributed by atoms with Gasteiger partial charge in [0.2, 0.25) is 10.0 Å². The molecule has 1 heterocycles. The Hall–Kier alpha value is -1.18. The van der Waals surface area contributed by atoms with Crippen molar-refractivity contribution in [3.8, 4) is 0 Å². The van der Waals surface area contributed by atoms with E-state index in [2.05, 4.69) is 30.6 Å². The molecular weight excluding hydrogens is 342 g/mol. The molecule has 20 heavy (non-hydrogen) atoms. The van der Waals surface area contributed by atoms with Gasteiger partial charge in [-0.1, -0.05) is 22.9 Å². The monoisotopic (exact) mass is 357 g/mol. The fraction of sp³-hybridized carbons (Fsp3) is 0.308. The van der Waals surface area contributed by atoms with Gasteiger partial charge in [0.05, 0.1) is 10.9 Å². The third-order valence-electron chi connectivity index (χ3n) is 2.99. The maximum Gasteiger partial charge on any atom is 0.241 e. The molecule has 1 aromatic heterocycles. The molecule has 0 radical (unpaired) electrons. The summed E-state index contributed by atoms with van der Waals surface area (Å²) in [5.74, 6) is 0.616. The highest BCUT2D eigenvalue weighted by atomic mass is 79.9. The first-order valence-corrected chi connectivity index (χ1v) is 8.49. The lowest BCUT2D eigenvalue weighted by Gasteiger charge is -2.15. The molecule has 1 aromatic carbocycles. The SMILES string of the molecule is CCC(NS(=O)(=O)c1ccc(Br)c(C)c1)c1ncc[nH]1. The predicted molar refractivity (Wildman–Crippen MR) is 80.8 cm³/mol. The van der Waals surface area contributed by atoms with E-state index in [4.69, 9.17) is 0 Å². The maximum absolute atomic E-state index is 12.4. The standard InChI is InChI=1S/C13H16BrN3O2S/c1-3-12(13-15-6-7-16-13)17-20(18,19)10-4-5-11(14)9(2)8-10/h4-8,12,17H,3H2,1-2H3,(H,15,16). The van der Waals surface area contributed by atoms with Crippen molar-refractivity contribution in [3.63, 3.8) is 0 Å². The first kappa shape index (κ1) is 15.2. The largest absolute Gasteiger partial charge is 0.347 e. The van der Waals surface area contributed by atoms with Gasteiger partial charge < -0.3 is 4.98 Å². The summed E-state index contributed by atoms with van der Waals surface area (Å²) >= 11 is 3.36. The Morgan fingerprint density at radius 1 is 1.45 bits per heavy atom. The van der Waals surface area contributed by atoms with Crippen molar-refractivity contribution < 1.29 is 8.42 Å². The number of halogens is 1. The Morgan fingerprint density at radius 2 is 2.20 bits per heavy atom. The van der Waals surface area contributed by atoms with Crippen LogP contribution < -0.4 is 4.72 Å². The van der Waals surface area contributed by atoms with E-state index >= 15 is 0 Å². The van der Waals surface area contributed by atoms with E-state index in [1.165, 1.54) is 0 Å². The summed E-state index contributed by atoms with van der Waals surface area (Å²) in [5.41, 5.74) is 0.874. The molecule has 7 heteroatoms. The fourth-order valence-electron chi connectivity index (χ4n) is 1.84. The number of hydrogen-bond donors (Lipinski definition) is 2. The summed E-state index contributed by atoms with van der Waals surface area (Å²) in [4.78, 5) is 7.30. The fourth-order valence-corrected chi connectivity index (χ4v) is 3.45. The van der Waals surface area contributed by atoms with Gasteiger partial charge in [0.25, 0.3) is 0 Å². The number of nitrogens with one attached hydrogen (secondary N) is 2. The van der Waals surface area contributed by atoms with Crippen LogP contribution in [0.4, 0.5) is 0 Å². The molecule has 108 valence electrons. The number of aromatic nitrogens is 2. The van der Waals surface area contributed by atoms with Gasteiger partial charge in [-0.05, 0) is 37.1 Å². The van der Waals surface area contributed by atoms with E-state index in [1.807, 2.05) is 13.8 Å². The van der Waals surface area contributed by atoms with Crippen LogP contribution >= 0.6 is 15.9 Å². The Labute approximate surface area is 127 Å². The Balaban J connectivity index is 2.28. The van der Waals surface area contributed by atoms with Gasteiger partial charge in [0.1, 0.15) is 5.82 Å². The molecule has 2 aromatic rings. The summed E-state index contributed by atoms with van der Waals surface area (Å²) in [6, 6.07) is 4.59. The van der Waals surface area contributed by atoms with Crippen LogP contribution in [-0.4, -0.2) is 18.4 Å². The van der Waals surface area contributed by atoms with E-state index in [-0.39, 0.29) is 10.9 Å². The van der Waals surface area contributed by atoms with Crippen molar-refractivity contribution in [2.24, 2.45) is 0 Å². The lowest BCUT2D eigenvalue weighted by Crippen LogP contribution is -2.29. The molecule has 0 saturated carbocycles. The molecule has 0 spiro atoms. The third kappa shape index (κ3) is 3.28. The number of hydrogen-bond acceptors (Lipinski definition) is 3. The number of benzene rings is 1. The van der Waals surface area contributed by atoms with Gasteiger partial charge in [-0.25, -0.2) is 18.1 Å². The number of rotatable bonds is 5. The van der Waals surface area contributed by atoms with Gasteiger partial charge in [0.15, 0.2) is 0 Å². The minimum atomic E-state index is -3.57. The van der Waals surface area contributed by atoms with E-state index < -0.39 is 10.0 Å². The first-order valence-electron chi connectivity index (χ1n) is 6.22. The van der Waals surface area contributed by atoms with Gasteiger partial charge in [-0.15, -0.1) is 0 Å². The highest BCUT2D eigenvalue weighted by Gasteiger charge is 2.22. The number of sulfonamides is 1. The number of H-pyrrole nitrogens is 1. The van der Waals surface area contributed by atoms with Crippen LogP contribution in [0.5, 0.6) is 0 Å². The third-order valence-corrected chi connectivity index (χ3v) is 5.35. The summed E-state index contributed by atoms with van der Waals surface area (Å²) in [7, 11) is -3.57. The zero-order valence-corrected chi connectivity index (χ0v) is 13.6. The number of imidazole rings is 1.